The van der Waals surface area contributed by atoms with E-state index in [0.717, 1.165) is 18.4 Å². The molecular formula is C50H80N2O11. The van der Waals surface area contributed by atoms with Crippen molar-refractivity contribution in [1.82, 2.24) is 4.90 Å². The number of rotatable bonds is 5. The van der Waals surface area contributed by atoms with Crippen LogP contribution in [0.2, 0.25) is 0 Å². The van der Waals surface area contributed by atoms with Crippen LogP contribution in [-0.2, 0) is 38.1 Å². The van der Waals surface area contributed by atoms with Crippen molar-refractivity contribution in [2.45, 2.75) is 186 Å². The van der Waals surface area contributed by atoms with E-state index in [9.17, 15) is 34.5 Å². The number of esters is 1. The van der Waals surface area contributed by atoms with E-state index in [2.05, 4.69) is 6.92 Å². The maximum atomic E-state index is 14.3. The summed E-state index contributed by atoms with van der Waals surface area (Å²) < 4.78 is 23.7. The molecule has 4 aliphatic rings. The van der Waals surface area contributed by atoms with Gasteiger partial charge in [-0.25, -0.2) is 4.79 Å². The maximum Gasteiger partial charge on any atom is 0.329 e. The summed E-state index contributed by atoms with van der Waals surface area (Å²) in [6.45, 7) is 13.5. The van der Waals surface area contributed by atoms with Gasteiger partial charge in [0.05, 0.1) is 18.3 Å². The topological polar surface area (TPSA) is 195 Å². The van der Waals surface area contributed by atoms with Crippen molar-refractivity contribution in [2.75, 3.05) is 20.8 Å². The van der Waals surface area contributed by atoms with Gasteiger partial charge in [-0.1, -0.05) is 76.6 Å². The van der Waals surface area contributed by atoms with Crippen molar-refractivity contribution in [3.8, 4) is 0 Å². The van der Waals surface area contributed by atoms with Gasteiger partial charge in [0.15, 0.2) is 5.78 Å². The van der Waals surface area contributed by atoms with Crippen molar-refractivity contribution >= 4 is 23.4 Å². The third kappa shape index (κ3) is 14.2. The van der Waals surface area contributed by atoms with Gasteiger partial charge in [-0.15, -0.1) is 0 Å². The van der Waals surface area contributed by atoms with Crippen molar-refractivity contribution in [3.63, 3.8) is 0 Å². The number of carbonyl (C=O) groups is 4. The molecule has 3 aliphatic heterocycles. The Bertz CT molecular complexity index is 1660. The number of nitrogens with zero attached hydrogens (tertiary/aromatic N) is 1. The van der Waals surface area contributed by atoms with Gasteiger partial charge in [-0.2, -0.15) is 0 Å². The van der Waals surface area contributed by atoms with Crippen LogP contribution in [0.25, 0.3) is 0 Å². The van der Waals surface area contributed by atoms with Crippen molar-refractivity contribution < 1.29 is 53.4 Å². The zero-order valence-corrected chi connectivity index (χ0v) is 39.6. The van der Waals surface area contributed by atoms with Gasteiger partial charge in [0.25, 0.3) is 11.7 Å². The van der Waals surface area contributed by atoms with Gasteiger partial charge in [0.1, 0.15) is 24.4 Å². The minimum atomic E-state index is -2.38. The number of hydrogen-bond donors (Lipinski definition) is 4. The second-order valence-corrected chi connectivity index (χ2v) is 19.6. The van der Waals surface area contributed by atoms with Crippen LogP contribution in [0.15, 0.2) is 47.6 Å². The number of ether oxygens (including phenoxy) is 4. The Morgan fingerprint density at radius 2 is 1.59 bits per heavy atom. The van der Waals surface area contributed by atoms with E-state index in [-0.39, 0.29) is 48.0 Å². The zero-order valence-electron chi connectivity index (χ0n) is 39.6. The molecule has 4 rings (SSSR count). The molecule has 63 heavy (non-hydrogen) atoms. The Morgan fingerprint density at radius 3 is 2.29 bits per heavy atom. The van der Waals surface area contributed by atoms with Gasteiger partial charge >= 0.3 is 5.97 Å². The van der Waals surface area contributed by atoms with E-state index in [0.29, 0.717) is 76.2 Å². The number of nitrogens with two attached hydrogens (primary N) is 1. The first-order valence-corrected chi connectivity index (χ1v) is 23.7. The van der Waals surface area contributed by atoms with Crippen LogP contribution in [0.1, 0.15) is 132 Å². The van der Waals surface area contributed by atoms with Crippen molar-refractivity contribution in [1.29, 1.82) is 0 Å². The lowest BCUT2D eigenvalue weighted by atomic mass is 9.78. The Hall–Kier alpha value is -3.04. The Kier molecular flexibility index (Phi) is 20.4. The summed E-state index contributed by atoms with van der Waals surface area (Å²) in [6.07, 6.45) is 14.8. The van der Waals surface area contributed by atoms with Crippen LogP contribution in [0, 0.1) is 35.5 Å². The molecular weight excluding hydrogens is 805 g/mol. The Morgan fingerprint density at radius 1 is 0.857 bits per heavy atom. The lowest BCUT2D eigenvalue weighted by molar-refractivity contribution is -0.263. The fraction of sp³-hybridized carbons (Fsp3) is 0.760. The number of aliphatic hydroxyl groups excluding tert-OH is 2. The second kappa shape index (κ2) is 24.5. The molecule has 13 nitrogen and oxygen atoms in total. The molecule has 3 fully saturated rings. The number of amides is 1. The van der Waals surface area contributed by atoms with Gasteiger partial charge in [0.2, 0.25) is 5.79 Å². The first-order chi connectivity index (χ1) is 29.8. The first-order valence-electron chi connectivity index (χ1n) is 23.7. The average molecular weight is 885 g/mol. The third-order valence-corrected chi connectivity index (χ3v) is 14.3. The van der Waals surface area contributed by atoms with Crippen molar-refractivity contribution in [3.05, 3.63) is 47.6 Å². The lowest BCUT2D eigenvalue weighted by Gasteiger charge is -2.42. The fourth-order valence-corrected chi connectivity index (χ4v) is 10.1. The molecule has 0 unspecified atom stereocenters. The number of fused-ring (bicyclic) bond motifs is 3. The molecule has 13 heteroatoms. The molecule has 0 aromatic carbocycles. The number of ketones is 2. The summed E-state index contributed by atoms with van der Waals surface area (Å²) in [6, 6.07) is -1.46. The van der Waals surface area contributed by atoms with Gasteiger partial charge < -0.3 is 44.9 Å². The smallest absolute Gasteiger partial charge is 0.329 e. The summed E-state index contributed by atoms with van der Waals surface area (Å²) in [5.41, 5.74) is 8.07. The molecule has 3 heterocycles. The summed E-state index contributed by atoms with van der Waals surface area (Å²) >= 11 is 0. The molecule has 1 saturated carbocycles. The summed E-state index contributed by atoms with van der Waals surface area (Å²) in [5.74, 6) is -6.09. The number of Topliss-reactive ketones (excluding diaryl/α,β-unsaturated/α-hetero) is 2. The molecule has 15 atom stereocenters. The number of allylic oxidation sites excluding steroid dienone is 6. The van der Waals surface area contributed by atoms with Crippen LogP contribution < -0.4 is 5.73 Å². The number of carbonyl (C=O) groups excluding carboxylic acids is 4. The summed E-state index contributed by atoms with van der Waals surface area (Å²) in [4.78, 5) is 57.6. The molecule has 0 aromatic heterocycles. The van der Waals surface area contributed by atoms with Crippen molar-refractivity contribution in [2.24, 2.45) is 41.2 Å². The number of aliphatic hydroxyl groups is 3. The highest BCUT2D eigenvalue weighted by molar-refractivity contribution is 6.39. The molecule has 5 N–H and O–H groups in total. The van der Waals surface area contributed by atoms with E-state index in [4.69, 9.17) is 24.7 Å². The molecule has 356 valence electrons. The number of cyclic esters (lactones) is 1. The number of hydrogen-bond acceptors (Lipinski definition) is 12. The lowest BCUT2D eigenvalue weighted by Crippen LogP contribution is -2.61. The molecule has 1 amide bonds. The van der Waals surface area contributed by atoms with Crippen LogP contribution in [-0.4, -0.2) is 119 Å². The van der Waals surface area contributed by atoms with Gasteiger partial charge in [0, 0.05) is 38.6 Å². The Labute approximate surface area is 376 Å². The monoisotopic (exact) mass is 885 g/mol. The number of methoxy groups -OCH3 is 2. The van der Waals surface area contributed by atoms with E-state index in [1.54, 1.807) is 21.0 Å². The van der Waals surface area contributed by atoms with Gasteiger partial charge in [-0.05, 0) is 127 Å². The maximum absolute atomic E-state index is 14.3. The van der Waals surface area contributed by atoms with Gasteiger partial charge in [-0.3, -0.25) is 14.4 Å². The third-order valence-electron chi connectivity index (χ3n) is 14.3. The standard InChI is InChI=1S/C50H80N2O11/c1-30-15-11-10-12-16-32(3)39(51)29-38-21-19-36(7)50(59,63-38)47(56)48(57)52-24-14-13-17-40(52)49(58)62-42(33(4)27-37-20-22-41(53)43(28-37)60-8)23-18-31(2)26-35(6)45(55)46(61-9)44(54)34(5)25-30/h10-12,15-16,26,30-31,33-34,36-43,45-46,53,55,59H,13-14,17-25,27-29,51H2,1-9H3/b12-10+,15-11+,32-16+,35-26+/t30-,31+,33-,34-,36-,37+,38+,39-,40+,41-,42+,43-,45-,46+,50-/m1/s1. The largest absolute Gasteiger partial charge is 0.461 e. The highest BCUT2D eigenvalue weighted by atomic mass is 16.6. The second-order valence-electron chi connectivity index (χ2n) is 19.6. The van der Waals surface area contributed by atoms with E-state index in [1.165, 1.54) is 12.0 Å². The SMILES string of the molecule is CO[C@@H]1C[C@H](C[C@@H](C)[C@@H]2CC[C@H](C)/C=C(\C)[C@@H](O)[C@@H](OC)C(=O)[C@H](C)C[C@H](C)/C=C/C=C/C=C(\C)[C@H](N)C[C@@H]3CC[C@@H](C)[C@@](O)(O3)C(=O)C(=O)N3CCCC[C@H]3C(=O)O2)CC[C@H]1O. The zero-order chi connectivity index (χ0) is 46.6. The normalized spacial score (nSPS) is 41.3. The molecule has 1 aliphatic carbocycles. The number of piperidine rings is 1. The predicted molar refractivity (Wildman–Crippen MR) is 242 cm³/mol. The van der Waals surface area contributed by atoms with E-state index < -0.39 is 72.0 Å². The molecule has 0 spiro atoms. The van der Waals surface area contributed by atoms with Crippen LogP contribution in [0.3, 0.4) is 0 Å². The summed E-state index contributed by atoms with van der Waals surface area (Å²) in [5, 5.41) is 33.8. The van der Waals surface area contributed by atoms with E-state index >= 15 is 0 Å². The van der Waals surface area contributed by atoms with Crippen LogP contribution in [0.5, 0.6) is 0 Å². The minimum absolute atomic E-state index is 0.0683. The summed E-state index contributed by atoms with van der Waals surface area (Å²) in [7, 11) is 3.05. The van der Waals surface area contributed by atoms with E-state index in [1.807, 2.05) is 64.2 Å². The fourth-order valence-electron chi connectivity index (χ4n) is 10.1. The molecule has 0 radical (unpaired) electrons. The minimum Gasteiger partial charge on any atom is -0.461 e. The Balaban J connectivity index is 1.66. The first kappa shape index (κ1) is 52.6. The molecule has 2 saturated heterocycles. The molecule has 2 bridgehead atoms. The van der Waals surface area contributed by atoms with Crippen LogP contribution >= 0.6 is 0 Å². The quantitative estimate of drug-likeness (QED) is 0.137. The molecule has 0 aromatic rings. The highest BCUT2D eigenvalue weighted by Gasteiger charge is 2.53. The predicted octanol–water partition coefficient (Wildman–Crippen LogP) is 6.31. The van der Waals surface area contributed by atoms with Crippen LogP contribution in [0.4, 0.5) is 0 Å². The highest BCUT2D eigenvalue weighted by Crippen LogP contribution is 2.37. The average Bonchev–Trinajstić information content (AvgIpc) is 3.25.